The molecule has 164 valence electrons. The summed E-state index contributed by atoms with van der Waals surface area (Å²) in [6.07, 6.45) is 3.38. The average Bonchev–Trinajstić information content (AvgIpc) is 3.02. The molecule has 2 unspecified atom stereocenters. The second-order valence-electron chi connectivity index (χ2n) is 7.87. The molecular weight excluding hydrogens is 404 g/mol. The molecule has 0 aliphatic carbocycles. The van der Waals surface area contributed by atoms with E-state index in [4.69, 9.17) is 4.74 Å². The van der Waals surface area contributed by atoms with Crippen LogP contribution in [0.5, 0.6) is 5.75 Å². The van der Waals surface area contributed by atoms with E-state index in [-0.39, 0.29) is 48.3 Å². The number of nitrogens with one attached hydrogen (secondary N) is 3. The van der Waals surface area contributed by atoms with Gasteiger partial charge in [0.05, 0.1) is 11.1 Å². The van der Waals surface area contributed by atoms with E-state index in [0.29, 0.717) is 6.54 Å². The Morgan fingerprint density at radius 3 is 2.71 bits per heavy atom. The van der Waals surface area contributed by atoms with Gasteiger partial charge in [-0.25, -0.2) is 0 Å². The number of piperidine rings is 2. The summed E-state index contributed by atoms with van der Waals surface area (Å²) in [5, 5.41) is 8.30. The van der Waals surface area contributed by atoms with Crippen molar-refractivity contribution in [3.05, 3.63) is 29.3 Å². The molecule has 10 heteroatoms. The molecule has 3 heterocycles. The van der Waals surface area contributed by atoms with Crippen LogP contribution in [0.1, 0.15) is 52.8 Å². The summed E-state index contributed by atoms with van der Waals surface area (Å²) in [4.78, 5) is 62.4. The normalized spacial score (nSPS) is 23.4. The fourth-order valence-corrected chi connectivity index (χ4v) is 4.13. The van der Waals surface area contributed by atoms with Crippen molar-refractivity contribution in [2.45, 2.75) is 44.2 Å². The van der Waals surface area contributed by atoms with Gasteiger partial charge >= 0.3 is 0 Å². The number of hydrogen-bond acceptors (Lipinski definition) is 7. The molecule has 0 aromatic heterocycles. The lowest BCUT2D eigenvalue weighted by molar-refractivity contribution is -0.136. The van der Waals surface area contributed by atoms with Crippen molar-refractivity contribution in [1.29, 1.82) is 0 Å². The molecule has 5 amide bonds. The number of imide groups is 2. The molecule has 1 aromatic carbocycles. The van der Waals surface area contributed by atoms with Gasteiger partial charge in [0.2, 0.25) is 11.8 Å². The third-order valence-electron chi connectivity index (χ3n) is 5.75. The number of ether oxygens (including phenoxy) is 1. The number of rotatable bonds is 6. The van der Waals surface area contributed by atoms with Gasteiger partial charge in [0.15, 0.2) is 6.61 Å². The molecule has 31 heavy (non-hydrogen) atoms. The highest BCUT2D eigenvalue weighted by Gasteiger charge is 2.46. The third kappa shape index (κ3) is 4.29. The summed E-state index contributed by atoms with van der Waals surface area (Å²) in [6.45, 7) is 1.13. The number of nitrogens with zero attached hydrogens (tertiary/aromatic N) is 1. The summed E-state index contributed by atoms with van der Waals surface area (Å²) < 4.78 is 5.56. The highest BCUT2D eigenvalue weighted by Crippen LogP contribution is 2.33. The highest BCUT2D eigenvalue weighted by molar-refractivity contribution is 6.24. The predicted octanol–water partition coefficient (Wildman–Crippen LogP) is -0.275. The van der Waals surface area contributed by atoms with Gasteiger partial charge in [-0.1, -0.05) is 12.5 Å². The Morgan fingerprint density at radius 2 is 1.97 bits per heavy atom. The van der Waals surface area contributed by atoms with Crippen LogP contribution in [-0.4, -0.2) is 66.2 Å². The Labute approximate surface area is 178 Å². The summed E-state index contributed by atoms with van der Waals surface area (Å²) >= 11 is 0. The van der Waals surface area contributed by atoms with Gasteiger partial charge in [-0.2, -0.15) is 0 Å². The first-order chi connectivity index (χ1) is 15.0. The van der Waals surface area contributed by atoms with Crippen LogP contribution in [0.4, 0.5) is 0 Å². The smallest absolute Gasteiger partial charge is 0.266 e. The van der Waals surface area contributed by atoms with Crippen LogP contribution < -0.4 is 20.7 Å². The van der Waals surface area contributed by atoms with Crippen molar-refractivity contribution in [1.82, 2.24) is 20.9 Å². The lowest BCUT2D eigenvalue weighted by Crippen LogP contribution is -2.54. The molecule has 2 saturated heterocycles. The van der Waals surface area contributed by atoms with Gasteiger partial charge in [0, 0.05) is 19.0 Å². The quantitative estimate of drug-likeness (QED) is 0.531. The minimum absolute atomic E-state index is 0.0268. The first kappa shape index (κ1) is 21.0. The van der Waals surface area contributed by atoms with E-state index in [9.17, 15) is 24.0 Å². The second-order valence-corrected chi connectivity index (χ2v) is 7.87. The fourth-order valence-electron chi connectivity index (χ4n) is 4.13. The Morgan fingerprint density at radius 1 is 1.13 bits per heavy atom. The van der Waals surface area contributed by atoms with Crippen molar-refractivity contribution >= 4 is 29.5 Å². The minimum atomic E-state index is -1.05. The van der Waals surface area contributed by atoms with Crippen LogP contribution in [0.15, 0.2) is 18.2 Å². The molecule has 2 atom stereocenters. The van der Waals surface area contributed by atoms with Crippen molar-refractivity contribution in [3.63, 3.8) is 0 Å². The number of carbonyl (C=O) groups is 5. The first-order valence-electron chi connectivity index (χ1n) is 10.4. The molecule has 3 N–H and O–H groups in total. The average molecular weight is 428 g/mol. The van der Waals surface area contributed by atoms with Gasteiger partial charge in [-0.05, 0) is 37.9 Å². The van der Waals surface area contributed by atoms with E-state index in [1.54, 1.807) is 6.07 Å². The number of hydrogen-bond donors (Lipinski definition) is 3. The van der Waals surface area contributed by atoms with E-state index < -0.39 is 29.7 Å². The molecule has 10 nitrogen and oxygen atoms in total. The van der Waals surface area contributed by atoms with Crippen LogP contribution in [0.2, 0.25) is 0 Å². The molecule has 0 bridgehead atoms. The van der Waals surface area contributed by atoms with Gasteiger partial charge in [-0.15, -0.1) is 0 Å². The van der Waals surface area contributed by atoms with Crippen LogP contribution in [0, 0.1) is 0 Å². The largest absolute Gasteiger partial charge is 0.483 e. The maximum absolute atomic E-state index is 13.0. The van der Waals surface area contributed by atoms with Crippen LogP contribution in [-0.2, 0) is 14.4 Å². The summed E-state index contributed by atoms with van der Waals surface area (Å²) in [5.74, 6) is -2.62. The number of fused-ring (bicyclic) bond motifs is 1. The third-order valence-corrected chi connectivity index (χ3v) is 5.75. The highest BCUT2D eigenvalue weighted by atomic mass is 16.5. The monoisotopic (exact) mass is 428 g/mol. The van der Waals surface area contributed by atoms with Gasteiger partial charge < -0.3 is 15.4 Å². The molecule has 4 rings (SSSR count). The van der Waals surface area contributed by atoms with Gasteiger partial charge in [0.25, 0.3) is 17.7 Å². The zero-order chi connectivity index (χ0) is 22.0. The number of amides is 5. The Balaban J connectivity index is 1.41. The van der Waals surface area contributed by atoms with E-state index in [0.717, 1.165) is 30.7 Å². The maximum Gasteiger partial charge on any atom is 0.266 e. The summed E-state index contributed by atoms with van der Waals surface area (Å²) in [7, 11) is 0. The van der Waals surface area contributed by atoms with Crippen LogP contribution in [0.3, 0.4) is 0 Å². The summed E-state index contributed by atoms with van der Waals surface area (Å²) in [6, 6.07) is 3.72. The zero-order valence-corrected chi connectivity index (χ0v) is 16.9. The lowest BCUT2D eigenvalue weighted by Gasteiger charge is -2.27. The van der Waals surface area contributed by atoms with Crippen molar-refractivity contribution in [2.75, 3.05) is 19.7 Å². The molecule has 3 aliphatic rings. The molecule has 3 aliphatic heterocycles. The molecule has 2 fully saturated rings. The van der Waals surface area contributed by atoms with E-state index >= 15 is 0 Å². The van der Waals surface area contributed by atoms with Crippen molar-refractivity contribution < 1.29 is 28.7 Å². The molecular formula is C21H24N4O6. The molecule has 0 spiro atoms. The number of carbonyl (C=O) groups excluding carboxylic acids is 5. The molecule has 0 radical (unpaired) electrons. The first-order valence-corrected chi connectivity index (χ1v) is 10.4. The fraction of sp³-hybridized carbons (Fsp3) is 0.476. The predicted molar refractivity (Wildman–Crippen MR) is 107 cm³/mol. The van der Waals surface area contributed by atoms with Crippen LogP contribution >= 0.6 is 0 Å². The lowest BCUT2D eigenvalue weighted by atomic mass is 10.0. The number of benzene rings is 1. The minimum Gasteiger partial charge on any atom is -0.483 e. The Bertz CT molecular complexity index is 940. The Kier molecular flexibility index (Phi) is 5.99. The van der Waals surface area contributed by atoms with Gasteiger partial charge in [0.1, 0.15) is 11.8 Å². The second kappa shape index (κ2) is 8.84. The van der Waals surface area contributed by atoms with Crippen LogP contribution in [0.25, 0.3) is 0 Å². The SMILES string of the molecule is O=C(COc1cccc2c1C(=O)N(C1CCC(=O)NC1=O)C2=O)NCC1CCCCN1. The van der Waals surface area contributed by atoms with E-state index in [2.05, 4.69) is 16.0 Å². The molecule has 1 aromatic rings. The van der Waals surface area contributed by atoms with E-state index in [1.807, 2.05) is 0 Å². The van der Waals surface area contributed by atoms with Crippen molar-refractivity contribution in [3.8, 4) is 5.75 Å². The van der Waals surface area contributed by atoms with E-state index in [1.165, 1.54) is 12.1 Å². The summed E-state index contributed by atoms with van der Waals surface area (Å²) in [5.41, 5.74) is 0.137. The van der Waals surface area contributed by atoms with Crippen molar-refractivity contribution in [2.24, 2.45) is 0 Å². The zero-order valence-electron chi connectivity index (χ0n) is 16.9. The molecule has 0 saturated carbocycles. The maximum atomic E-state index is 13.0. The standard InChI is InChI=1S/C21H24N4O6/c26-16-8-7-14(19(28)24-16)25-20(29)13-5-3-6-15(18(13)21(25)30)31-11-17(27)23-10-12-4-1-2-9-22-12/h3,5-6,12,14,22H,1-2,4,7-11H2,(H,23,27)(H,24,26,28). The Hall–Kier alpha value is -3.27. The topological polar surface area (TPSA) is 134 Å². The van der Waals surface area contributed by atoms with Gasteiger partial charge in [-0.3, -0.25) is 34.2 Å².